The van der Waals surface area contributed by atoms with E-state index in [1.165, 1.54) is 13.3 Å². The van der Waals surface area contributed by atoms with E-state index >= 15 is 0 Å². The Bertz CT molecular complexity index is 857. The SMILES string of the molecule is COC(=O)c1ccc(NC(=O)c2ccc(N3CCN(C(C)=O)CC3)nc2)cc1. The van der Waals surface area contributed by atoms with Crippen LogP contribution < -0.4 is 10.2 Å². The Balaban J connectivity index is 1.59. The molecule has 1 N–H and O–H groups in total. The minimum Gasteiger partial charge on any atom is -0.465 e. The lowest BCUT2D eigenvalue weighted by molar-refractivity contribution is -0.129. The number of pyridine rings is 1. The molecule has 0 atom stereocenters. The van der Waals surface area contributed by atoms with Crippen LogP contribution in [0.15, 0.2) is 42.6 Å². The molecule has 1 aliphatic rings. The van der Waals surface area contributed by atoms with E-state index in [-0.39, 0.29) is 11.8 Å². The number of anilines is 2. The highest BCUT2D eigenvalue weighted by Gasteiger charge is 2.19. The van der Waals surface area contributed by atoms with Crippen molar-refractivity contribution >= 4 is 29.3 Å². The van der Waals surface area contributed by atoms with Crippen LogP contribution in [0.3, 0.4) is 0 Å². The largest absolute Gasteiger partial charge is 0.465 e. The molecule has 0 unspecified atom stereocenters. The summed E-state index contributed by atoms with van der Waals surface area (Å²) in [7, 11) is 1.32. The summed E-state index contributed by atoms with van der Waals surface area (Å²) in [4.78, 5) is 43.5. The number of carbonyl (C=O) groups is 3. The van der Waals surface area contributed by atoms with Crippen LogP contribution in [0, 0.1) is 0 Å². The van der Waals surface area contributed by atoms with E-state index in [1.807, 2.05) is 4.90 Å². The number of hydrogen-bond acceptors (Lipinski definition) is 6. The van der Waals surface area contributed by atoms with Crippen molar-refractivity contribution in [3.05, 3.63) is 53.7 Å². The maximum atomic E-state index is 12.4. The summed E-state index contributed by atoms with van der Waals surface area (Å²) in [6.07, 6.45) is 1.53. The van der Waals surface area contributed by atoms with Gasteiger partial charge >= 0.3 is 5.97 Å². The Hall–Kier alpha value is -3.42. The second kappa shape index (κ2) is 8.51. The monoisotopic (exact) mass is 382 g/mol. The first kappa shape index (κ1) is 19.3. The van der Waals surface area contributed by atoms with Crippen molar-refractivity contribution in [2.24, 2.45) is 0 Å². The van der Waals surface area contributed by atoms with E-state index < -0.39 is 5.97 Å². The van der Waals surface area contributed by atoms with Gasteiger partial charge in [-0.1, -0.05) is 0 Å². The Morgan fingerprint density at radius 2 is 1.61 bits per heavy atom. The van der Waals surface area contributed by atoms with Gasteiger partial charge < -0.3 is 19.9 Å². The number of rotatable bonds is 4. The van der Waals surface area contributed by atoms with Crippen LogP contribution in [0.5, 0.6) is 0 Å². The number of carbonyl (C=O) groups excluding carboxylic acids is 3. The molecule has 2 amide bonds. The maximum Gasteiger partial charge on any atom is 0.337 e. The Kier molecular flexibility index (Phi) is 5.88. The van der Waals surface area contributed by atoms with Crippen molar-refractivity contribution in [3.63, 3.8) is 0 Å². The standard InChI is InChI=1S/C20H22N4O4/c1-14(25)23-9-11-24(12-10-23)18-8-5-16(13-21-18)19(26)22-17-6-3-15(4-7-17)20(27)28-2/h3-8,13H,9-12H2,1-2H3,(H,22,26). The van der Waals surface area contributed by atoms with E-state index in [1.54, 1.807) is 43.3 Å². The van der Waals surface area contributed by atoms with Crippen molar-refractivity contribution < 1.29 is 19.1 Å². The second-order valence-electron chi connectivity index (χ2n) is 6.42. The predicted octanol–water partition coefficient (Wildman–Crippen LogP) is 1.79. The molecule has 2 aromatic rings. The van der Waals surface area contributed by atoms with Crippen LogP contribution in [0.25, 0.3) is 0 Å². The van der Waals surface area contributed by atoms with Gasteiger partial charge in [-0.2, -0.15) is 0 Å². The van der Waals surface area contributed by atoms with Crippen LogP contribution in [-0.4, -0.2) is 61.0 Å². The molecule has 1 fully saturated rings. The van der Waals surface area contributed by atoms with Crippen LogP contribution in [0.1, 0.15) is 27.6 Å². The first-order chi connectivity index (χ1) is 13.5. The fourth-order valence-electron chi connectivity index (χ4n) is 2.97. The molecule has 2 heterocycles. The molecule has 0 saturated carbocycles. The van der Waals surface area contributed by atoms with Gasteiger partial charge in [0.15, 0.2) is 0 Å². The smallest absolute Gasteiger partial charge is 0.337 e. The molecule has 0 radical (unpaired) electrons. The highest BCUT2D eigenvalue weighted by Crippen LogP contribution is 2.16. The van der Waals surface area contributed by atoms with Crippen LogP contribution >= 0.6 is 0 Å². The summed E-state index contributed by atoms with van der Waals surface area (Å²) in [5.74, 6) is 0.148. The molecule has 28 heavy (non-hydrogen) atoms. The van der Waals surface area contributed by atoms with Gasteiger partial charge in [0, 0.05) is 45.0 Å². The fraction of sp³-hybridized carbons (Fsp3) is 0.300. The predicted molar refractivity (Wildman–Crippen MR) is 104 cm³/mol. The third kappa shape index (κ3) is 4.46. The number of nitrogens with zero attached hydrogens (tertiary/aromatic N) is 3. The zero-order valence-electron chi connectivity index (χ0n) is 15.8. The number of amides is 2. The number of methoxy groups -OCH3 is 1. The van der Waals surface area contributed by atoms with Crippen LogP contribution in [-0.2, 0) is 9.53 Å². The number of ether oxygens (including phenoxy) is 1. The van der Waals surface area contributed by atoms with Crippen molar-refractivity contribution in [2.75, 3.05) is 43.5 Å². The minimum absolute atomic E-state index is 0.0826. The summed E-state index contributed by atoms with van der Waals surface area (Å²) in [6.45, 7) is 4.33. The van der Waals surface area contributed by atoms with Gasteiger partial charge in [-0.15, -0.1) is 0 Å². The molecule has 146 valence electrons. The van der Waals surface area contributed by atoms with E-state index in [2.05, 4.69) is 19.9 Å². The molecule has 8 heteroatoms. The maximum absolute atomic E-state index is 12.4. The lowest BCUT2D eigenvalue weighted by atomic mass is 10.2. The molecule has 3 rings (SSSR count). The van der Waals surface area contributed by atoms with Gasteiger partial charge in [-0.05, 0) is 36.4 Å². The number of piperazine rings is 1. The number of aromatic nitrogens is 1. The van der Waals surface area contributed by atoms with Gasteiger partial charge in [-0.25, -0.2) is 9.78 Å². The van der Waals surface area contributed by atoms with Gasteiger partial charge in [0.05, 0.1) is 18.2 Å². The fourth-order valence-corrected chi connectivity index (χ4v) is 2.97. The summed E-state index contributed by atoms with van der Waals surface area (Å²) in [5.41, 5.74) is 1.42. The summed E-state index contributed by atoms with van der Waals surface area (Å²) < 4.78 is 4.65. The summed E-state index contributed by atoms with van der Waals surface area (Å²) in [5, 5.41) is 2.77. The van der Waals surface area contributed by atoms with Crippen molar-refractivity contribution in [1.29, 1.82) is 0 Å². The van der Waals surface area contributed by atoms with Crippen molar-refractivity contribution in [2.45, 2.75) is 6.92 Å². The zero-order chi connectivity index (χ0) is 20.1. The molecular weight excluding hydrogens is 360 g/mol. The molecule has 0 spiro atoms. The van der Waals surface area contributed by atoms with E-state index in [0.29, 0.717) is 43.0 Å². The van der Waals surface area contributed by atoms with E-state index in [4.69, 9.17) is 0 Å². The Morgan fingerprint density at radius 1 is 0.964 bits per heavy atom. The third-order valence-corrected chi connectivity index (χ3v) is 4.62. The van der Waals surface area contributed by atoms with Crippen LogP contribution in [0.2, 0.25) is 0 Å². The highest BCUT2D eigenvalue weighted by molar-refractivity contribution is 6.04. The summed E-state index contributed by atoms with van der Waals surface area (Å²) >= 11 is 0. The topological polar surface area (TPSA) is 91.8 Å². The zero-order valence-corrected chi connectivity index (χ0v) is 15.8. The average Bonchev–Trinajstić information content (AvgIpc) is 2.74. The van der Waals surface area contributed by atoms with Crippen molar-refractivity contribution in [1.82, 2.24) is 9.88 Å². The Morgan fingerprint density at radius 3 is 2.14 bits per heavy atom. The summed E-state index contributed by atoms with van der Waals surface area (Å²) in [6, 6.07) is 9.98. The van der Waals surface area contributed by atoms with Gasteiger partial charge in [0.2, 0.25) is 5.91 Å². The molecule has 8 nitrogen and oxygen atoms in total. The third-order valence-electron chi connectivity index (χ3n) is 4.62. The molecule has 1 aromatic heterocycles. The number of benzene rings is 1. The molecule has 1 aliphatic heterocycles. The highest BCUT2D eigenvalue weighted by atomic mass is 16.5. The molecule has 0 aliphatic carbocycles. The number of esters is 1. The van der Waals surface area contributed by atoms with E-state index in [0.717, 1.165) is 5.82 Å². The first-order valence-corrected chi connectivity index (χ1v) is 8.94. The van der Waals surface area contributed by atoms with Gasteiger partial charge in [0.1, 0.15) is 5.82 Å². The quantitative estimate of drug-likeness (QED) is 0.811. The number of nitrogens with one attached hydrogen (secondary N) is 1. The average molecular weight is 382 g/mol. The van der Waals surface area contributed by atoms with Crippen molar-refractivity contribution in [3.8, 4) is 0 Å². The number of hydrogen-bond donors (Lipinski definition) is 1. The minimum atomic E-state index is -0.429. The van der Waals surface area contributed by atoms with E-state index in [9.17, 15) is 14.4 Å². The normalized spacial score (nSPS) is 13.8. The van der Waals surface area contributed by atoms with Crippen LogP contribution in [0.4, 0.5) is 11.5 Å². The van der Waals surface area contributed by atoms with Gasteiger partial charge in [-0.3, -0.25) is 9.59 Å². The lowest BCUT2D eigenvalue weighted by Crippen LogP contribution is -2.48. The Labute approximate surface area is 163 Å². The molecular formula is C20H22N4O4. The lowest BCUT2D eigenvalue weighted by Gasteiger charge is -2.34. The molecule has 0 bridgehead atoms. The van der Waals surface area contributed by atoms with Gasteiger partial charge in [0.25, 0.3) is 5.91 Å². The molecule has 1 saturated heterocycles. The second-order valence-corrected chi connectivity index (χ2v) is 6.42. The molecule has 1 aromatic carbocycles. The first-order valence-electron chi connectivity index (χ1n) is 8.94.